The van der Waals surface area contributed by atoms with Gasteiger partial charge in [-0.3, -0.25) is 0 Å². The van der Waals surface area contributed by atoms with Crippen molar-refractivity contribution in [1.29, 1.82) is 0 Å². The summed E-state index contributed by atoms with van der Waals surface area (Å²) in [6.45, 7) is 3.77. The van der Waals surface area contributed by atoms with Gasteiger partial charge in [0.2, 0.25) is 0 Å². The summed E-state index contributed by atoms with van der Waals surface area (Å²) < 4.78 is 0. The fourth-order valence-corrected chi connectivity index (χ4v) is 2.90. The third kappa shape index (κ3) is 4.67. The zero-order valence-corrected chi connectivity index (χ0v) is 13.7. The number of hydrogen-bond acceptors (Lipinski definition) is 3. The molecular formula is C15H22N2O3S. The van der Waals surface area contributed by atoms with E-state index in [1.807, 2.05) is 6.26 Å². The lowest BCUT2D eigenvalue weighted by Crippen LogP contribution is -2.41. The minimum Gasteiger partial charge on any atom is -0.478 e. The van der Waals surface area contributed by atoms with Crippen molar-refractivity contribution in [2.24, 2.45) is 0 Å². The van der Waals surface area contributed by atoms with Crippen molar-refractivity contribution in [2.75, 3.05) is 24.4 Å². The van der Waals surface area contributed by atoms with Gasteiger partial charge >= 0.3 is 12.0 Å². The van der Waals surface area contributed by atoms with Crippen molar-refractivity contribution < 1.29 is 14.7 Å². The number of carbonyl (C=O) groups excluding carboxylic acids is 1. The van der Waals surface area contributed by atoms with Gasteiger partial charge in [0, 0.05) is 24.5 Å². The maximum absolute atomic E-state index is 12.2. The number of anilines is 1. The molecule has 1 rings (SSSR count). The number of carboxylic acid groups (broad SMARTS) is 1. The molecule has 0 aliphatic carbocycles. The van der Waals surface area contributed by atoms with Gasteiger partial charge in [0.25, 0.3) is 0 Å². The van der Waals surface area contributed by atoms with Crippen molar-refractivity contribution in [3.63, 3.8) is 0 Å². The highest BCUT2D eigenvalue weighted by Crippen LogP contribution is 2.17. The van der Waals surface area contributed by atoms with Crippen molar-refractivity contribution in [1.82, 2.24) is 4.90 Å². The van der Waals surface area contributed by atoms with E-state index in [1.165, 1.54) is 6.07 Å². The lowest BCUT2D eigenvalue weighted by Gasteiger charge is -2.27. The van der Waals surface area contributed by atoms with Gasteiger partial charge in [0.05, 0.1) is 5.56 Å². The smallest absolute Gasteiger partial charge is 0.335 e. The zero-order valence-electron chi connectivity index (χ0n) is 12.8. The number of urea groups is 1. The summed E-state index contributed by atoms with van der Waals surface area (Å²) in [5, 5.41) is 11.8. The predicted octanol–water partition coefficient (Wildman–Crippen LogP) is 3.30. The van der Waals surface area contributed by atoms with E-state index < -0.39 is 5.97 Å². The summed E-state index contributed by atoms with van der Waals surface area (Å²) >= 11 is 1.71. The molecule has 5 nitrogen and oxygen atoms in total. The van der Waals surface area contributed by atoms with Crippen molar-refractivity contribution in [3.05, 3.63) is 29.3 Å². The minimum atomic E-state index is -0.964. The minimum absolute atomic E-state index is 0.180. The van der Waals surface area contributed by atoms with Crippen LogP contribution in [0.15, 0.2) is 18.2 Å². The highest BCUT2D eigenvalue weighted by atomic mass is 32.2. The van der Waals surface area contributed by atoms with Gasteiger partial charge in [-0.05, 0) is 43.4 Å². The Morgan fingerprint density at radius 2 is 2.10 bits per heavy atom. The molecule has 21 heavy (non-hydrogen) atoms. The lowest BCUT2D eigenvalue weighted by atomic mass is 10.1. The maximum Gasteiger partial charge on any atom is 0.335 e. The lowest BCUT2D eigenvalue weighted by molar-refractivity contribution is 0.0696. The second-order valence-corrected chi connectivity index (χ2v) is 5.80. The molecule has 2 N–H and O–H groups in total. The van der Waals surface area contributed by atoms with Gasteiger partial charge in [-0.25, -0.2) is 9.59 Å². The predicted molar refractivity (Wildman–Crippen MR) is 87.4 cm³/mol. The number of amides is 2. The average molecular weight is 310 g/mol. The third-order valence-electron chi connectivity index (χ3n) is 3.41. The van der Waals surface area contributed by atoms with Crippen LogP contribution in [0.1, 0.15) is 29.3 Å². The van der Waals surface area contributed by atoms with Crippen LogP contribution >= 0.6 is 11.8 Å². The van der Waals surface area contributed by atoms with E-state index in [2.05, 4.69) is 12.2 Å². The quantitative estimate of drug-likeness (QED) is 0.846. The fraction of sp³-hybridized carbons (Fsp3) is 0.467. The Balaban J connectivity index is 2.78. The average Bonchev–Trinajstić information content (AvgIpc) is 2.43. The second-order valence-electron chi connectivity index (χ2n) is 4.89. The number of rotatable bonds is 6. The van der Waals surface area contributed by atoms with Crippen molar-refractivity contribution in [2.45, 2.75) is 26.3 Å². The second kappa shape index (κ2) is 7.93. The largest absolute Gasteiger partial charge is 0.478 e. The summed E-state index contributed by atoms with van der Waals surface area (Å²) in [5.74, 6) is -0.0780. The standard InChI is InChI=1S/C15H22N2O3S/c1-5-12(9-21-4)17(3)15(20)16-11-6-7-13(14(18)19)10(2)8-11/h6-8,12H,5,9H2,1-4H3,(H,16,20)(H,18,19). The zero-order chi connectivity index (χ0) is 16.0. The molecule has 0 aliphatic rings. The van der Waals surface area contributed by atoms with E-state index in [0.717, 1.165) is 12.2 Å². The molecule has 116 valence electrons. The Kier molecular flexibility index (Phi) is 6.55. The Bertz CT molecular complexity index is 520. The van der Waals surface area contributed by atoms with E-state index in [-0.39, 0.29) is 17.6 Å². The molecule has 1 aromatic carbocycles. The number of aryl methyl sites for hydroxylation is 1. The number of nitrogens with one attached hydrogen (secondary N) is 1. The molecule has 6 heteroatoms. The summed E-state index contributed by atoms with van der Waals surface area (Å²) in [6.07, 6.45) is 2.91. The van der Waals surface area contributed by atoms with Crippen LogP contribution < -0.4 is 5.32 Å². The topological polar surface area (TPSA) is 69.6 Å². The first-order valence-electron chi connectivity index (χ1n) is 6.77. The Labute approximate surface area is 129 Å². The molecule has 0 radical (unpaired) electrons. The highest BCUT2D eigenvalue weighted by molar-refractivity contribution is 7.98. The molecule has 0 spiro atoms. The number of benzene rings is 1. The maximum atomic E-state index is 12.2. The van der Waals surface area contributed by atoms with E-state index in [4.69, 9.17) is 5.11 Å². The van der Waals surface area contributed by atoms with Crippen molar-refractivity contribution >= 4 is 29.4 Å². The van der Waals surface area contributed by atoms with E-state index in [1.54, 1.807) is 42.8 Å². The van der Waals surface area contributed by atoms with Crippen LogP contribution in [0.3, 0.4) is 0 Å². The molecule has 1 unspecified atom stereocenters. The van der Waals surface area contributed by atoms with E-state index in [0.29, 0.717) is 11.3 Å². The highest BCUT2D eigenvalue weighted by Gasteiger charge is 2.18. The molecule has 0 aromatic heterocycles. The molecule has 0 bridgehead atoms. The first-order chi connectivity index (χ1) is 9.90. The molecular weight excluding hydrogens is 288 g/mol. The summed E-state index contributed by atoms with van der Waals surface area (Å²) in [7, 11) is 1.78. The molecule has 0 aliphatic heterocycles. The number of carboxylic acids is 1. The van der Waals surface area contributed by atoms with Gasteiger partial charge < -0.3 is 15.3 Å². The van der Waals surface area contributed by atoms with Crippen LogP contribution in [0.25, 0.3) is 0 Å². The van der Waals surface area contributed by atoms with Crippen LogP contribution in [-0.4, -0.2) is 47.1 Å². The Morgan fingerprint density at radius 3 is 2.57 bits per heavy atom. The number of hydrogen-bond donors (Lipinski definition) is 2. The normalized spacial score (nSPS) is 11.8. The fourth-order valence-electron chi connectivity index (χ4n) is 2.05. The number of aromatic carboxylic acids is 1. The molecule has 0 fully saturated rings. The van der Waals surface area contributed by atoms with Gasteiger partial charge in [-0.1, -0.05) is 6.92 Å². The molecule has 0 heterocycles. The molecule has 1 aromatic rings. The van der Waals surface area contributed by atoms with E-state index >= 15 is 0 Å². The Hall–Kier alpha value is -1.69. The van der Waals surface area contributed by atoms with Crippen LogP contribution in [0, 0.1) is 6.92 Å². The van der Waals surface area contributed by atoms with Crippen LogP contribution in [0.4, 0.5) is 10.5 Å². The van der Waals surface area contributed by atoms with Gasteiger partial charge in [-0.2, -0.15) is 11.8 Å². The molecule has 1 atom stereocenters. The summed E-state index contributed by atoms with van der Waals surface area (Å²) in [5.41, 5.74) is 1.47. The molecule has 0 saturated carbocycles. The van der Waals surface area contributed by atoms with Gasteiger partial charge in [0.15, 0.2) is 0 Å². The van der Waals surface area contributed by atoms with Crippen LogP contribution in [0.5, 0.6) is 0 Å². The van der Waals surface area contributed by atoms with Gasteiger partial charge in [0.1, 0.15) is 0 Å². The number of nitrogens with zero attached hydrogens (tertiary/aromatic N) is 1. The van der Waals surface area contributed by atoms with Crippen LogP contribution in [-0.2, 0) is 0 Å². The monoisotopic (exact) mass is 310 g/mol. The SMILES string of the molecule is CCC(CSC)N(C)C(=O)Nc1ccc(C(=O)O)c(C)c1. The first kappa shape index (κ1) is 17.4. The number of carbonyl (C=O) groups is 2. The molecule has 2 amide bonds. The molecule has 0 saturated heterocycles. The van der Waals surface area contributed by atoms with Gasteiger partial charge in [-0.15, -0.1) is 0 Å². The van der Waals surface area contributed by atoms with Crippen molar-refractivity contribution in [3.8, 4) is 0 Å². The third-order valence-corrected chi connectivity index (χ3v) is 4.12. The summed E-state index contributed by atoms with van der Waals surface area (Å²) in [4.78, 5) is 24.9. The van der Waals surface area contributed by atoms with Crippen LogP contribution in [0.2, 0.25) is 0 Å². The first-order valence-corrected chi connectivity index (χ1v) is 8.16. The number of thioether (sulfide) groups is 1. The van der Waals surface area contributed by atoms with E-state index in [9.17, 15) is 9.59 Å². The Morgan fingerprint density at radius 1 is 1.43 bits per heavy atom. The summed E-state index contributed by atoms with van der Waals surface area (Å²) in [6, 6.07) is 4.78.